The molecule has 2 aromatic rings. The second-order valence-electron chi connectivity index (χ2n) is 6.01. The second kappa shape index (κ2) is 4.35. The van der Waals surface area contributed by atoms with E-state index in [2.05, 4.69) is 16.0 Å². The highest BCUT2D eigenvalue weighted by Gasteiger charge is 2.40. The molecule has 3 N–H and O–H groups in total. The predicted octanol–water partition coefficient (Wildman–Crippen LogP) is 2.31. The van der Waals surface area contributed by atoms with Gasteiger partial charge in [-0.15, -0.1) is 0 Å². The van der Waals surface area contributed by atoms with Crippen molar-refractivity contribution < 1.29 is 5.11 Å². The molecule has 0 radical (unpaired) electrons. The van der Waals surface area contributed by atoms with Crippen LogP contribution in [0.4, 0.5) is 11.4 Å². The van der Waals surface area contributed by atoms with Crippen LogP contribution in [0.3, 0.4) is 0 Å². The summed E-state index contributed by atoms with van der Waals surface area (Å²) in [6.07, 6.45) is 7.66. The Balaban J connectivity index is 1.85. The summed E-state index contributed by atoms with van der Waals surface area (Å²) in [4.78, 5) is 6.76. The third-order valence-electron chi connectivity index (χ3n) is 4.82. The van der Waals surface area contributed by atoms with Gasteiger partial charge in [-0.1, -0.05) is 0 Å². The molecule has 0 amide bonds. The average Bonchev–Trinajstić information content (AvgIpc) is 2.72. The molecule has 3 heterocycles. The molecule has 2 aliphatic rings. The van der Waals surface area contributed by atoms with Gasteiger partial charge in [-0.3, -0.25) is 4.98 Å². The topological polar surface area (TPSA) is 62.4 Å². The van der Waals surface area contributed by atoms with E-state index in [-0.39, 0.29) is 6.10 Å². The molecule has 1 aromatic heterocycles. The smallest absolute Gasteiger partial charge is 0.0579 e. The van der Waals surface area contributed by atoms with Gasteiger partial charge in [0.15, 0.2) is 0 Å². The van der Waals surface area contributed by atoms with E-state index in [1.165, 1.54) is 18.5 Å². The maximum atomic E-state index is 9.95. The summed E-state index contributed by atoms with van der Waals surface area (Å²) < 4.78 is 0. The molecule has 4 nitrogen and oxygen atoms in total. The van der Waals surface area contributed by atoms with Gasteiger partial charge < -0.3 is 15.7 Å². The van der Waals surface area contributed by atoms with Crippen molar-refractivity contribution in [2.75, 3.05) is 10.6 Å². The van der Waals surface area contributed by atoms with Crippen LogP contribution in [-0.2, 0) is 0 Å². The number of nitrogens with two attached hydrogens (primary N) is 1. The van der Waals surface area contributed by atoms with E-state index in [4.69, 9.17) is 5.73 Å². The molecule has 4 rings (SSSR count). The molecular formula is C16H19N3O. The minimum atomic E-state index is -0.137. The number of aliphatic hydroxyl groups is 1. The van der Waals surface area contributed by atoms with Gasteiger partial charge in [-0.05, 0) is 43.9 Å². The van der Waals surface area contributed by atoms with Gasteiger partial charge in [0.05, 0.1) is 6.10 Å². The van der Waals surface area contributed by atoms with E-state index in [1.54, 1.807) is 6.20 Å². The molecule has 4 heteroatoms. The van der Waals surface area contributed by atoms with Crippen molar-refractivity contribution in [3.05, 3.63) is 30.6 Å². The number of rotatable bonds is 1. The Morgan fingerprint density at radius 1 is 1.10 bits per heavy atom. The molecule has 1 aromatic carbocycles. The summed E-state index contributed by atoms with van der Waals surface area (Å²) in [5.74, 6) is 0. The largest absolute Gasteiger partial charge is 0.398 e. The molecule has 2 fully saturated rings. The van der Waals surface area contributed by atoms with Crippen molar-refractivity contribution >= 4 is 22.1 Å². The molecule has 2 aliphatic heterocycles. The predicted molar refractivity (Wildman–Crippen MR) is 80.7 cm³/mol. The molecule has 2 atom stereocenters. The first kappa shape index (κ1) is 12.0. The Morgan fingerprint density at radius 3 is 2.60 bits per heavy atom. The van der Waals surface area contributed by atoms with Crippen LogP contribution < -0.4 is 10.6 Å². The van der Waals surface area contributed by atoms with Gasteiger partial charge in [-0.25, -0.2) is 0 Å². The lowest BCUT2D eigenvalue weighted by molar-refractivity contribution is 0.126. The van der Waals surface area contributed by atoms with E-state index < -0.39 is 0 Å². The van der Waals surface area contributed by atoms with E-state index in [1.807, 2.05) is 18.3 Å². The first-order valence-electron chi connectivity index (χ1n) is 7.32. The number of pyridine rings is 1. The molecule has 0 aliphatic carbocycles. The van der Waals surface area contributed by atoms with Gasteiger partial charge >= 0.3 is 0 Å². The first-order chi connectivity index (χ1) is 9.74. The number of nitrogen functional groups attached to an aromatic ring is 1. The Labute approximate surface area is 118 Å². The van der Waals surface area contributed by atoms with Crippen LogP contribution in [0, 0.1) is 0 Å². The quantitative estimate of drug-likeness (QED) is 0.780. The lowest BCUT2D eigenvalue weighted by Crippen LogP contribution is -2.44. The van der Waals surface area contributed by atoms with Crippen molar-refractivity contribution in [3.8, 4) is 0 Å². The average molecular weight is 269 g/mol. The number of nitrogens with zero attached hydrogens (tertiary/aromatic N) is 2. The van der Waals surface area contributed by atoms with Crippen molar-refractivity contribution in [3.63, 3.8) is 0 Å². The van der Waals surface area contributed by atoms with Gasteiger partial charge in [0.2, 0.25) is 0 Å². The number of aliphatic hydroxyl groups excluding tert-OH is 1. The van der Waals surface area contributed by atoms with Crippen LogP contribution >= 0.6 is 0 Å². The maximum absolute atomic E-state index is 9.95. The minimum absolute atomic E-state index is 0.137. The molecule has 0 spiro atoms. The highest BCUT2D eigenvalue weighted by molar-refractivity contribution is 6.01. The van der Waals surface area contributed by atoms with Crippen LogP contribution in [0.5, 0.6) is 0 Å². The van der Waals surface area contributed by atoms with Crippen LogP contribution in [0.15, 0.2) is 30.6 Å². The zero-order chi connectivity index (χ0) is 13.7. The van der Waals surface area contributed by atoms with Crippen LogP contribution in [-0.4, -0.2) is 28.3 Å². The molecule has 2 bridgehead atoms. The van der Waals surface area contributed by atoms with Gasteiger partial charge in [0.25, 0.3) is 0 Å². The molecule has 104 valence electrons. The minimum Gasteiger partial charge on any atom is -0.398 e. The van der Waals surface area contributed by atoms with Crippen LogP contribution in [0.2, 0.25) is 0 Å². The summed E-state index contributed by atoms with van der Waals surface area (Å²) in [5.41, 5.74) is 8.10. The van der Waals surface area contributed by atoms with E-state index in [0.717, 1.165) is 29.3 Å². The molecule has 2 unspecified atom stereocenters. The van der Waals surface area contributed by atoms with Gasteiger partial charge in [0, 0.05) is 46.6 Å². The summed E-state index contributed by atoms with van der Waals surface area (Å²) >= 11 is 0. The van der Waals surface area contributed by atoms with Crippen molar-refractivity contribution in [2.24, 2.45) is 0 Å². The number of hydrogen-bond acceptors (Lipinski definition) is 4. The highest BCUT2D eigenvalue weighted by Crippen LogP contribution is 2.42. The van der Waals surface area contributed by atoms with Crippen LogP contribution in [0.25, 0.3) is 10.8 Å². The lowest BCUT2D eigenvalue weighted by Gasteiger charge is -2.39. The maximum Gasteiger partial charge on any atom is 0.0579 e. The number of piperidine rings is 1. The summed E-state index contributed by atoms with van der Waals surface area (Å²) in [5, 5.41) is 12.2. The zero-order valence-corrected chi connectivity index (χ0v) is 11.4. The monoisotopic (exact) mass is 269 g/mol. The SMILES string of the molecule is Nc1ccc(N2C3CCC2CC(O)C3)c2cnccc12. The Hall–Kier alpha value is -1.81. The Bertz CT molecular complexity index is 643. The summed E-state index contributed by atoms with van der Waals surface area (Å²) in [6, 6.07) is 6.99. The van der Waals surface area contributed by atoms with Crippen molar-refractivity contribution in [1.82, 2.24) is 4.98 Å². The molecule has 0 saturated carbocycles. The van der Waals surface area contributed by atoms with E-state index in [9.17, 15) is 5.11 Å². The van der Waals surface area contributed by atoms with Gasteiger partial charge in [-0.2, -0.15) is 0 Å². The highest BCUT2D eigenvalue weighted by atomic mass is 16.3. The second-order valence-corrected chi connectivity index (χ2v) is 6.01. The summed E-state index contributed by atoms with van der Waals surface area (Å²) in [6.45, 7) is 0. The summed E-state index contributed by atoms with van der Waals surface area (Å²) in [7, 11) is 0. The van der Waals surface area contributed by atoms with Crippen molar-refractivity contribution in [2.45, 2.75) is 43.9 Å². The van der Waals surface area contributed by atoms with Gasteiger partial charge in [0.1, 0.15) is 0 Å². The fourth-order valence-corrected chi connectivity index (χ4v) is 3.97. The number of anilines is 2. The third-order valence-corrected chi connectivity index (χ3v) is 4.82. The fraction of sp³-hybridized carbons (Fsp3) is 0.438. The van der Waals surface area contributed by atoms with Crippen molar-refractivity contribution in [1.29, 1.82) is 0 Å². The van der Waals surface area contributed by atoms with E-state index in [0.29, 0.717) is 12.1 Å². The number of benzene rings is 1. The molecule has 2 saturated heterocycles. The third kappa shape index (κ3) is 1.68. The number of fused-ring (bicyclic) bond motifs is 3. The Kier molecular flexibility index (Phi) is 2.60. The standard InChI is InChI=1S/C16H19N3O/c17-15-3-4-16(14-9-18-6-5-13(14)15)19-10-1-2-11(19)8-12(20)7-10/h3-6,9-12,20H,1-2,7-8,17H2. The number of hydrogen-bond donors (Lipinski definition) is 2. The fourth-order valence-electron chi connectivity index (χ4n) is 3.97. The van der Waals surface area contributed by atoms with E-state index >= 15 is 0 Å². The normalized spacial score (nSPS) is 29.1. The molecular weight excluding hydrogens is 250 g/mol. The first-order valence-corrected chi connectivity index (χ1v) is 7.32. The molecule has 20 heavy (non-hydrogen) atoms. The lowest BCUT2D eigenvalue weighted by atomic mass is 9.97. The Morgan fingerprint density at radius 2 is 1.85 bits per heavy atom. The zero-order valence-electron chi connectivity index (χ0n) is 11.4. The number of aromatic nitrogens is 1. The van der Waals surface area contributed by atoms with Crippen LogP contribution in [0.1, 0.15) is 25.7 Å².